The first-order chi connectivity index (χ1) is 10.6. The van der Waals surface area contributed by atoms with Crippen molar-refractivity contribution in [3.63, 3.8) is 0 Å². The van der Waals surface area contributed by atoms with Gasteiger partial charge in [-0.05, 0) is 30.5 Å². The smallest absolute Gasteiger partial charge is 0.232 e. The molecule has 0 aromatic heterocycles. The summed E-state index contributed by atoms with van der Waals surface area (Å²) >= 11 is 0. The molecule has 0 aliphatic carbocycles. The summed E-state index contributed by atoms with van der Waals surface area (Å²) in [6.07, 6.45) is 2.90. The highest BCUT2D eigenvalue weighted by Crippen LogP contribution is 2.35. The van der Waals surface area contributed by atoms with Crippen LogP contribution in [-0.4, -0.2) is 21.2 Å². The van der Waals surface area contributed by atoms with E-state index in [0.717, 1.165) is 35.4 Å². The lowest BCUT2D eigenvalue weighted by Gasteiger charge is -2.30. The van der Waals surface area contributed by atoms with Crippen LogP contribution in [-0.2, 0) is 23.1 Å². The van der Waals surface area contributed by atoms with Gasteiger partial charge in [0.15, 0.2) is 0 Å². The SMILES string of the molecule is CS(=O)(=O)N1CCCc2c(OCc3ccccc3)cccc21. The molecule has 2 aromatic rings. The Hall–Kier alpha value is -2.01. The number of hydrogen-bond donors (Lipinski definition) is 0. The Morgan fingerprint density at radius 3 is 2.59 bits per heavy atom. The first-order valence-electron chi connectivity index (χ1n) is 7.32. The molecular weight excluding hydrogens is 298 g/mol. The van der Waals surface area contributed by atoms with E-state index in [1.54, 1.807) is 0 Å². The molecule has 2 aromatic carbocycles. The maximum atomic E-state index is 11.9. The van der Waals surface area contributed by atoms with E-state index in [4.69, 9.17) is 4.74 Å². The minimum Gasteiger partial charge on any atom is -0.489 e. The minimum atomic E-state index is -3.25. The van der Waals surface area contributed by atoms with E-state index < -0.39 is 10.0 Å². The number of rotatable bonds is 4. The van der Waals surface area contributed by atoms with Crippen LogP contribution in [0.1, 0.15) is 17.5 Å². The summed E-state index contributed by atoms with van der Waals surface area (Å²) < 4.78 is 31.3. The predicted molar refractivity (Wildman–Crippen MR) is 87.7 cm³/mol. The van der Waals surface area contributed by atoms with Crippen LogP contribution in [0.15, 0.2) is 48.5 Å². The van der Waals surface area contributed by atoms with Gasteiger partial charge in [0.05, 0.1) is 11.9 Å². The molecule has 0 radical (unpaired) electrons. The summed E-state index contributed by atoms with van der Waals surface area (Å²) in [6.45, 7) is 1.02. The Morgan fingerprint density at radius 2 is 1.86 bits per heavy atom. The molecule has 0 unspecified atom stereocenters. The van der Waals surface area contributed by atoms with E-state index in [-0.39, 0.29) is 0 Å². The van der Waals surface area contributed by atoms with Gasteiger partial charge < -0.3 is 4.74 Å². The third kappa shape index (κ3) is 3.09. The number of nitrogens with zero attached hydrogens (tertiary/aromatic N) is 1. The fourth-order valence-electron chi connectivity index (χ4n) is 2.77. The highest BCUT2D eigenvalue weighted by Gasteiger charge is 2.25. The normalized spacial score (nSPS) is 14.5. The zero-order valence-corrected chi connectivity index (χ0v) is 13.3. The first-order valence-corrected chi connectivity index (χ1v) is 9.17. The maximum Gasteiger partial charge on any atom is 0.232 e. The molecule has 22 heavy (non-hydrogen) atoms. The number of ether oxygens (including phenoxy) is 1. The molecule has 4 nitrogen and oxygen atoms in total. The molecule has 0 fully saturated rings. The molecule has 0 amide bonds. The van der Waals surface area contributed by atoms with Crippen molar-refractivity contribution in [3.05, 3.63) is 59.7 Å². The summed E-state index contributed by atoms with van der Waals surface area (Å²) in [5, 5.41) is 0. The predicted octanol–water partition coefficient (Wildman–Crippen LogP) is 2.98. The quantitative estimate of drug-likeness (QED) is 0.871. The van der Waals surface area contributed by atoms with Crippen LogP contribution in [0.2, 0.25) is 0 Å². The molecule has 3 rings (SSSR count). The van der Waals surface area contributed by atoms with Crippen LogP contribution in [0, 0.1) is 0 Å². The van der Waals surface area contributed by atoms with Crippen LogP contribution in [0.25, 0.3) is 0 Å². The van der Waals surface area contributed by atoms with Gasteiger partial charge in [0.1, 0.15) is 12.4 Å². The Labute approximate surface area is 131 Å². The van der Waals surface area contributed by atoms with Gasteiger partial charge in [0.25, 0.3) is 0 Å². The van der Waals surface area contributed by atoms with Gasteiger partial charge >= 0.3 is 0 Å². The number of anilines is 1. The number of hydrogen-bond acceptors (Lipinski definition) is 3. The van der Waals surface area contributed by atoms with Gasteiger partial charge in [0.2, 0.25) is 10.0 Å². The van der Waals surface area contributed by atoms with Crippen LogP contribution < -0.4 is 9.04 Å². The Kier molecular flexibility index (Phi) is 4.07. The monoisotopic (exact) mass is 317 g/mol. The molecule has 1 aliphatic heterocycles. The van der Waals surface area contributed by atoms with E-state index in [1.807, 2.05) is 48.5 Å². The second kappa shape index (κ2) is 6.01. The lowest BCUT2D eigenvalue weighted by Crippen LogP contribution is -2.34. The molecular formula is C17H19NO3S. The molecule has 0 spiro atoms. The van der Waals surface area contributed by atoms with Gasteiger partial charge in [-0.2, -0.15) is 0 Å². The van der Waals surface area contributed by atoms with Crippen LogP contribution >= 0.6 is 0 Å². The van der Waals surface area contributed by atoms with Gasteiger partial charge in [-0.1, -0.05) is 36.4 Å². The zero-order valence-electron chi connectivity index (χ0n) is 12.5. The molecule has 0 N–H and O–H groups in total. The summed E-state index contributed by atoms with van der Waals surface area (Å²) in [6, 6.07) is 15.6. The van der Waals surface area contributed by atoms with Crippen molar-refractivity contribution >= 4 is 15.7 Å². The van der Waals surface area contributed by atoms with Crippen molar-refractivity contribution in [1.82, 2.24) is 0 Å². The molecule has 0 saturated carbocycles. The third-order valence-electron chi connectivity index (χ3n) is 3.80. The van der Waals surface area contributed by atoms with Gasteiger partial charge in [-0.15, -0.1) is 0 Å². The third-order valence-corrected chi connectivity index (χ3v) is 4.98. The van der Waals surface area contributed by atoms with Crippen molar-refractivity contribution in [2.24, 2.45) is 0 Å². The molecule has 5 heteroatoms. The number of benzene rings is 2. The van der Waals surface area contributed by atoms with Gasteiger partial charge in [0, 0.05) is 12.1 Å². The van der Waals surface area contributed by atoms with Crippen molar-refractivity contribution in [1.29, 1.82) is 0 Å². The maximum absolute atomic E-state index is 11.9. The topological polar surface area (TPSA) is 46.6 Å². The average Bonchev–Trinajstić information content (AvgIpc) is 2.52. The average molecular weight is 317 g/mol. The first kappa shape index (κ1) is 14.9. The van der Waals surface area contributed by atoms with Crippen LogP contribution in [0.4, 0.5) is 5.69 Å². The summed E-state index contributed by atoms with van der Waals surface area (Å²) in [5.41, 5.74) is 2.82. The van der Waals surface area contributed by atoms with Crippen LogP contribution in [0.3, 0.4) is 0 Å². The molecule has 0 atom stereocenters. The summed E-state index contributed by atoms with van der Waals surface area (Å²) in [4.78, 5) is 0. The summed E-state index contributed by atoms with van der Waals surface area (Å²) in [7, 11) is -3.25. The van der Waals surface area contributed by atoms with Crippen molar-refractivity contribution < 1.29 is 13.2 Å². The van der Waals surface area contributed by atoms with E-state index in [0.29, 0.717) is 13.2 Å². The number of fused-ring (bicyclic) bond motifs is 1. The fourth-order valence-corrected chi connectivity index (χ4v) is 3.76. The highest BCUT2D eigenvalue weighted by atomic mass is 32.2. The standard InChI is InChI=1S/C17H19NO3S/c1-22(19,20)18-12-6-9-15-16(18)10-5-11-17(15)21-13-14-7-3-2-4-8-14/h2-5,7-8,10-11H,6,9,12-13H2,1H3. The van der Waals surface area contributed by atoms with Crippen molar-refractivity contribution in [2.45, 2.75) is 19.4 Å². The van der Waals surface area contributed by atoms with Crippen LogP contribution in [0.5, 0.6) is 5.75 Å². The van der Waals surface area contributed by atoms with E-state index in [9.17, 15) is 8.42 Å². The highest BCUT2D eigenvalue weighted by molar-refractivity contribution is 7.92. The van der Waals surface area contributed by atoms with E-state index in [1.165, 1.54) is 10.6 Å². The second-order valence-electron chi connectivity index (χ2n) is 5.47. The second-order valence-corrected chi connectivity index (χ2v) is 7.37. The number of sulfonamides is 1. The van der Waals surface area contributed by atoms with E-state index in [2.05, 4.69) is 0 Å². The molecule has 0 saturated heterocycles. The minimum absolute atomic E-state index is 0.482. The molecule has 1 aliphatic rings. The lowest BCUT2D eigenvalue weighted by molar-refractivity contribution is 0.302. The molecule has 1 heterocycles. The lowest BCUT2D eigenvalue weighted by atomic mass is 10.0. The van der Waals surface area contributed by atoms with Gasteiger partial charge in [-0.3, -0.25) is 4.31 Å². The Bertz CT molecular complexity index is 757. The Balaban J connectivity index is 1.88. The largest absolute Gasteiger partial charge is 0.489 e. The zero-order chi connectivity index (χ0) is 15.6. The van der Waals surface area contributed by atoms with Crippen molar-refractivity contribution in [2.75, 3.05) is 17.1 Å². The Morgan fingerprint density at radius 1 is 1.09 bits per heavy atom. The summed E-state index contributed by atoms with van der Waals surface area (Å²) in [5.74, 6) is 0.773. The molecule has 116 valence electrons. The van der Waals surface area contributed by atoms with Crippen molar-refractivity contribution in [3.8, 4) is 5.75 Å². The van der Waals surface area contributed by atoms with Gasteiger partial charge in [-0.25, -0.2) is 8.42 Å². The fraction of sp³-hybridized carbons (Fsp3) is 0.294. The molecule has 0 bridgehead atoms. The van der Waals surface area contributed by atoms with E-state index >= 15 is 0 Å².